The molecule has 2 atom stereocenters. The molecule has 1 saturated heterocycles. The summed E-state index contributed by atoms with van der Waals surface area (Å²) in [6.45, 7) is 9.40. The Balaban J connectivity index is 2.46. The zero-order chi connectivity index (χ0) is 9.68. The van der Waals surface area contributed by atoms with E-state index in [0.717, 1.165) is 11.8 Å². The molecule has 0 saturated carbocycles. The largest absolute Gasteiger partial charge is 0.310 e. The highest BCUT2D eigenvalue weighted by Crippen LogP contribution is 2.28. The first kappa shape index (κ1) is 11.5. The van der Waals surface area contributed by atoms with Crippen LogP contribution in [0.3, 0.4) is 0 Å². The van der Waals surface area contributed by atoms with Crippen LogP contribution < -0.4 is 5.32 Å². The Kier molecular flexibility index (Phi) is 5.29. The number of hydrogen-bond acceptors (Lipinski definition) is 3. The highest BCUT2D eigenvalue weighted by Gasteiger charge is 2.23. The molecule has 13 heavy (non-hydrogen) atoms. The Bertz CT molecular complexity index is 164. The minimum atomic E-state index is 0.516. The summed E-state index contributed by atoms with van der Waals surface area (Å²) in [7, 11) is 0. The van der Waals surface area contributed by atoms with E-state index in [9.17, 15) is 0 Å². The van der Waals surface area contributed by atoms with Crippen molar-refractivity contribution in [2.24, 2.45) is 0 Å². The van der Waals surface area contributed by atoms with Gasteiger partial charge >= 0.3 is 0 Å². The van der Waals surface area contributed by atoms with Gasteiger partial charge in [0.15, 0.2) is 0 Å². The predicted octanol–water partition coefficient (Wildman–Crippen LogP) is 2.39. The maximum atomic E-state index is 4.06. The van der Waals surface area contributed by atoms with Gasteiger partial charge in [0.05, 0.1) is 0 Å². The van der Waals surface area contributed by atoms with E-state index in [2.05, 4.69) is 49.3 Å². The van der Waals surface area contributed by atoms with Crippen LogP contribution in [0.2, 0.25) is 0 Å². The maximum absolute atomic E-state index is 4.06. The van der Waals surface area contributed by atoms with E-state index in [4.69, 9.17) is 0 Å². The number of likely N-dealkylation sites (N-methyl/N-ethyl adjacent to an activating group) is 1. The van der Waals surface area contributed by atoms with Crippen molar-refractivity contribution in [3.8, 4) is 0 Å². The summed E-state index contributed by atoms with van der Waals surface area (Å²) in [5.74, 6) is 3.88. The van der Waals surface area contributed by atoms with Crippen molar-refractivity contribution in [1.29, 1.82) is 0 Å². The normalized spacial score (nSPS) is 25.5. The molecule has 1 nitrogen and oxygen atoms in total. The lowest BCUT2D eigenvalue weighted by Gasteiger charge is -2.30. The van der Waals surface area contributed by atoms with E-state index < -0.39 is 0 Å². The van der Waals surface area contributed by atoms with Gasteiger partial charge in [0.25, 0.3) is 0 Å². The predicted molar refractivity (Wildman–Crippen MR) is 65.8 cm³/mol. The van der Waals surface area contributed by atoms with Crippen LogP contribution in [-0.4, -0.2) is 35.1 Å². The number of rotatable bonds is 4. The van der Waals surface area contributed by atoms with Gasteiger partial charge in [-0.2, -0.15) is 23.5 Å². The summed E-state index contributed by atoms with van der Waals surface area (Å²) in [5, 5.41) is 4.25. The van der Waals surface area contributed by atoms with Gasteiger partial charge in [-0.3, -0.25) is 0 Å². The van der Waals surface area contributed by atoms with Crippen LogP contribution in [0.1, 0.15) is 13.8 Å². The number of nitrogens with one attached hydrogen (secondary N) is 1. The molecule has 0 bridgehead atoms. The first-order chi connectivity index (χ1) is 6.25. The van der Waals surface area contributed by atoms with E-state index >= 15 is 0 Å². The summed E-state index contributed by atoms with van der Waals surface area (Å²) in [4.78, 5) is 0. The molecule has 1 fully saturated rings. The summed E-state index contributed by atoms with van der Waals surface area (Å²) in [5.41, 5.74) is 1.28. The lowest BCUT2D eigenvalue weighted by atomic mass is 10.1. The zero-order valence-electron chi connectivity index (χ0n) is 8.51. The standard InChI is InChI=1S/C10H19NS2/c1-4-11-10(8(2)3)9-7-12-5-6-13-9/h9-11H,2,4-7H2,1,3H3. The van der Waals surface area contributed by atoms with Crippen molar-refractivity contribution in [3.63, 3.8) is 0 Å². The van der Waals surface area contributed by atoms with Gasteiger partial charge in [-0.05, 0) is 13.5 Å². The molecule has 1 heterocycles. The summed E-state index contributed by atoms with van der Waals surface area (Å²) >= 11 is 4.17. The van der Waals surface area contributed by atoms with Gasteiger partial charge in [-0.15, -0.1) is 0 Å². The van der Waals surface area contributed by atoms with Crippen LogP contribution >= 0.6 is 23.5 Å². The molecular formula is C10H19NS2. The van der Waals surface area contributed by atoms with Crippen LogP contribution in [0.15, 0.2) is 12.2 Å². The summed E-state index contributed by atoms with van der Waals surface area (Å²) < 4.78 is 0. The van der Waals surface area contributed by atoms with Crippen molar-refractivity contribution in [1.82, 2.24) is 5.32 Å². The van der Waals surface area contributed by atoms with Gasteiger partial charge in [0.1, 0.15) is 0 Å². The molecule has 0 aromatic carbocycles. The fourth-order valence-corrected chi connectivity index (χ4v) is 4.49. The Labute approximate surface area is 90.1 Å². The Morgan fingerprint density at radius 1 is 1.62 bits per heavy atom. The van der Waals surface area contributed by atoms with Crippen LogP contribution in [-0.2, 0) is 0 Å². The smallest absolute Gasteiger partial charge is 0.0402 e. The average Bonchev–Trinajstić information content (AvgIpc) is 2.15. The highest BCUT2D eigenvalue weighted by molar-refractivity contribution is 8.06. The second-order valence-electron chi connectivity index (χ2n) is 3.37. The van der Waals surface area contributed by atoms with Crippen molar-refractivity contribution >= 4 is 23.5 Å². The molecular weight excluding hydrogens is 198 g/mol. The van der Waals surface area contributed by atoms with E-state index in [1.54, 1.807) is 0 Å². The van der Waals surface area contributed by atoms with E-state index in [-0.39, 0.29) is 0 Å². The van der Waals surface area contributed by atoms with Gasteiger partial charge < -0.3 is 5.32 Å². The molecule has 1 aliphatic heterocycles. The topological polar surface area (TPSA) is 12.0 Å². The maximum Gasteiger partial charge on any atom is 0.0402 e. The minimum Gasteiger partial charge on any atom is -0.310 e. The van der Waals surface area contributed by atoms with Gasteiger partial charge in [-0.1, -0.05) is 19.1 Å². The average molecular weight is 217 g/mol. The molecule has 1 rings (SSSR count). The van der Waals surface area contributed by atoms with Crippen molar-refractivity contribution in [2.45, 2.75) is 25.1 Å². The van der Waals surface area contributed by atoms with Crippen LogP contribution in [0.25, 0.3) is 0 Å². The van der Waals surface area contributed by atoms with E-state index in [1.807, 2.05) is 0 Å². The molecule has 0 spiro atoms. The van der Waals surface area contributed by atoms with Crippen LogP contribution in [0.4, 0.5) is 0 Å². The monoisotopic (exact) mass is 217 g/mol. The molecule has 76 valence electrons. The fourth-order valence-electron chi connectivity index (χ4n) is 1.54. The molecule has 0 radical (unpaired) electrons. The van der Waals surface area contributed by atoms with Gasteiger partial charge in [0.2, 0.25) is 0 Å². The Morgan fingerprint density at radius 3 is 2.85 bits per heavy atom. The third-order valence-corrected chi connectivity index (χ3v) is 5.03. The van der Waals surface area contributed by atoms with Gasteiger partial charge in [-0.25, -0.2) is 0 Å². The lowest BCUT2D eigenvalue weighted by molar-refractivity contribution is 0.588. The Morgan fingerprint density at radius 2 is 2.38 bits per heavy atom. The van der Waals surface area contributed by atoms with Crippen LogP contribution in [0, 0.1) is 0 Å². The SMILES string of the molecule is C=C(C)C(NCC)C1CSCCS1. The lowest BCUT2D eigenvalue weighted by Crippen LogP contribution is -2.41. The fraction of sp³-hybridized carbons (Fsp3) is 0.800. The van der Waals surface area contributed by atoms with Gasteiger partial charge in [0, 0.05) is 28.6 Å². The van der Waals surface area contributed by atoms with E-state index in [1.165, 1.54) is 22.8 Å². The second kappa shape index (κ2) is 5.99. The van der Waals surface area contributed by atoms with Crippen molar-refractivity contribution in [2.75, 3.05) is 23.8 Å². The first-order valence-electron chi connectivity index (χ1n) is 4.83. The zero-order valence-corrected chi connectivity index (χ0v) is 10.1. The summed E-state index contributed by atoms with van der Waals surface area (Å²) in [6, 6.07) is 0.516. The van der Waals surface area contributed by atoms with Crippen molar-refractivity contribution < 1.29 is 0 Å². The molecule has 0 aliphatic carbocycles. The quantitative estimate of drug-likeness (QED) is 0.726. The van der Waals surface area contributed by atoms with Crippen molar-refractivity contribution in [3.05, 3.63) is 12.2 Å². The number of thioether (sulfide) groups is 2. The summed E-state index contributed by atoms with van der Waals surface area (Å²) in [6.07, 6.45) is 0. The van der Waals surface area contributed by atoms with Crippen LogP contribution in [0.5, 0.6) is 0 Å². The Hall–Kier alpha value is 0.400. The van der Waals surface area contributed by atoms with E-state index in [0.29, 0.717) is 6.04 Å². The first-order valence-corrected chi connectivity index (χ1v) is 7.04. The third-order valence-electron chi connectivity index (χ3n) is 2.17. The molecule has 3 heteroatoms. The molecule has 0 aromatic rings. The molecule has 1 N–H and O–H groups in total. The number of hydrogen-bond donors (Lipinski definition) is 1. The molecule has 2 unspecified atom stereocenters. The minimum absolute atomic E-state index is 0.516. The second-order valence-corrected chi connectivity index (χ2v) is 5.86. The molecule has 0 amide bonds. The molecule has 1 aliphatic rings. The third kappa shape index (κ3) is 3.56. The molecule has 0 aromatic heterocycles. The highest BCUT2D eigenvalue weighted by atomic mass is 32.2.